The second-order valence-corrected chi connectivity index (χ2v) is 9.10. The number of nitrogens with zero attached hydrogens (tertiary/aromatic N) is 3. The number of carbonyl (C=O) groups excluding carboxylic acids is 2. The van der Waals surface area contributed by atoms with Crippen molar-refractivity contribution in [3.63, 3.8) is 0 Å². The van der Waals surface area contributed by atoms with Gasteiger partial charge in [-0.1, -0.05) is 50.6 Å². The minimum atomic E-state index is -0.282. The predicted molar refractivity (Wildman–Crippen MR) is 134 cm³/mol. The molecule has 0 aliphatic carbocycles. The van der Waals surface area contributed by atoms with Crippen molar-refractivity contribution in [1.82, 2.24) is 14.5 Å². The van der Waals surface area contributed by atoms with E-state index >= 15 is 0 Å². The molecular formula is C26H31ClN4O2. The highest BCUT2D eigenvalue weighted by molar-refractivity contribution is 6.30. The fourth-order valence-electron chi connectivity index (χ4n) is 3.56. The summed E-state index contributed by atoms with van der Waals surface area (Å²) >= 11 is 6.04. The van der Waals surface area contributed by atoms with E-state index in [0.717, 1.165) is 16.8 Å². The van der Waals surface area contributed by atoms with Crippen LogP contribution in [0.15, 0.2) is 48.7 Å². The molecule has 3 aromatic rings. The molecule has 1 aromatic heterocycles. The molecule has 3 rings (SSSR count). The van der Waals surface area contributed by atoms with Crippen LogP contribution in [0.25, 0.3) is 16.9 Å². The molecule has 0 unspecified atom stereocenters. The van der Waals surface area contributed by atoms with E-state index in [1.165, 1.54) is 5.56 Å². The van der Waals surface area contributed by atoms with Gasteiger partial charge in [-0.2, -0.15) is 0 Å². The first-order chi connectivity index (χ1) is 15.7. The largest absolute Gasteiger partial charge is 0.333 e. The molecule has 0 atom stereocenters. The zero-order valence-corrected chi connectivity index (χ0v) is 20.6. The Kier molecular flexibility index (Phi) is 7.92. The highest BCUT2D eigenvalue weighted by atomic mass is 35.5. The molecule has 7 heteroatoms. The van der Waals surface area contributed by atoms with Gasteiger partial charge >= 0.3 is 0 Å². The summed E-state index contributed by atoms with van der Waals surface area (Å²) in [6.45, 7) is 10.5. The molecule has 2 aromatic carbocycles. The van der Waals surface area contributed by atoms with Gasteiger partial charge in [-0.25, -0.2) is 4.98 Å². The minimum absolute atomic E-state index is 0.0130. The van der Waals surface area contributed by atoms with Crippen LogP contribution < -0.4 is 5.32 Å². The first kappa shape index (κ1) is 24.5. The van der Waals surface area contributed by atoms with Gasteiger partial charge in [0.15, 0.2) is 0 Å². The van der Waals surface area contributed by atoms with E-state index in [9.17, 15) is 9.59 Å². The van der Waals surface area contributed by atoms with Crippen LogP contribution in [0.4, 0.5) is 5.95 Å². The Hall–Kier alpha value is -3.12. The van der Waals surface area contributed by atoms with Crippen LogP contribution in [0.2, 0.25) is 5.02 Å². The molecule has 0 radical (unpaired) electrons. The molecular weight excluding hydrogens is 436 g/mol. The van der Waals surface area contributed by atoms with Crippen molar-refractivity contribution < 1.29 is 9.59 Å². The van der Waals surface area contributed by atoms with E-state index in [2.05, 4.69) is 18.3 Å². The maximum Gasteiger partial charge on any atom is 0.246 e. The fourth-order valence-corrected chi connectivity index (χ4v) is 3.68. The van der Waals surface area contributed by atoms with Gasteiger partial charge in [0.2, 0.25) is 17.8 Å². The molecule has 0 aliphatic heterocycles. The third-order valence-corrected chi connectivity index (χ3v) is 5.69. The van der Waals surface area contributed by atoms with Gasteiger partial charge in [0.05, 0.1) is 12.2 Å². The molecule has 174 valence electrons. The van der Waals surface area contributed by atoms with Crippen LogP contribution in [-0.2, 0) is 9.59 Å². The first-order valence-electron chi connectivity index (χ1n) is 11.2. The van der Waals surface area contributed by atoms with Gasteiger partial charge in [-0.05, 0) is 55.2 Å². The Labute approximate surface area is 200 Å². The molecule has 6 nitrogen and oxygen atoms in total. The lowest BCUT2D eigenvalue weighted by Gasteiger charge is -2.23. The number of halogens is 1. The standard InChI is InChI=1S/C26H31ClN4O2/c1-6-25(33)30(14-17(2)3)16-24(32)29-26-28-23(20-8-10-21(27)11-9-20)15-31(26)22-12-7-18(4)19(5)13-22/h7-13,15,17H,6,14,16H2,1-5H3,(H,28,29,32). The molecule has 0 saturated heterocycles. The number of hydrogen-bond donors (Lipinski definition) is 1. The number of hydrogen-bond acceptors (Lipinski definition) is 3. The zero-order chi connectivity index (χ0) is 24.1. The third kappa shape index (κ3) is 6.23. The summed E-state index contributed by atoms with van der Waals surface area (Å²) in [5.41, 5.74) is 4.82. The van der Waals surface area contributed by atoms with Gasteiger partial charge in [0.1, 0.15) is 0 Å². The second-order valence-electron chi connectivity index (χ2n) is 8.67. The molecule has 2 amide bonds. The van der Waals surface area contributed by atoms with Crippen LogP contribution >= 0.6 is 11.6 Å². The maximum absolute atomic E-state index is 12.9. The summed E-state index contributed by atoms with van der Waals surface area (Å²) in [5, 5.41) is 3.57. The van der Waals surface area contributed by atoms with Crippen molar-refractivity contribution in [2.24, 2.45) is 5.92 Å². The molecule has 0 saturated carbocycles. The predicted octanol–water partition coefficient (Wildman–Crippen LogP) is 5.64. The van der Waals surface area contributed by atoms with Gasteiger partial charge in [0.25, 0.3) is 0 Å². The molecule has 1 heterocycles. The quantitative estimate of drug-likeness (QED) is 0.467. The number of aromatic nitrogens is 2. The SMILES string of the molecule is CCC(=O)N(CC(=O)Nc1nc(-c2ccc(Cl)cc2)cn1-c1ccc(C)c(C)c1)CC(C)C. The average molecular weight is 467 g/mol. The Morgan fingerprint density at radius 1 is 1.09 bits per heavy atom. The number of aryl methyl sites for hydroxylation is 2. The molecule has 0 fully saturated rings. The summed E-state index contributed by atoms with van der Waals surface area (Å²) in [7, 11) is 0. The topological polar surface area (TPSA) is 67.2 Å². The number of rotatable bonds is 8. The van der Waals surface area contributed by atoms with Gasteiger partial charge in [0, 0.05) is 35.4 Å². The summed E-state index contributed by atoms with van der Waals surface area (Å²) < 4.78 is 1.86. The van der Waals surface area contributed by atoms with E-state index in [1.54, 1.807) is 11.8 Å². The monoisotopic (exact) mass is 466 g/mol. The summed E-state index contributed by atoms with van der Waals surface area (Å²) in [6, 6.07) is 13.5. The van der Waals surface area contributed by atoms with Crippen LogP contribution in [-0.4, -0.2) is 39.4 Å². The molecule has 0 spiro atoms. The Bertz CT molecular complexity index is 1140. The highest BCUT2D eigenvalue weighted by Crippen LogP contribution is 2.26. The Morgan fingerprint density at radius 3 is 2.39 bits per heavy atom. The Balaban J connectivity index is 1.94. The third-order valence-electron chi connectivity index (χ3n) is 5.44. The molecule has 0 bridgehead atoms. The van der Waals surface area contributed by atoms with Crippen molar-refractivity contribution in [3.8, 4) is 16.9 Å². The fraction of sp³-hybridized carbons (Fsp3) is 0.346. The lowest BCUT2D eigenvalue weighted by molar-refractivity contribution is -0.134. The van der Waals surface area contributed by atoms with Crippen molar-refractivity contribution in [3.05, 3.63) is 64.8 Å². The van der Waals surface area contributed by atoms with Gasteiger partial charge < -0.3 is 4.90 Å². The lowest BCUT2D eigenvalue weighted by Crippen LogP contribution is -2.40. The number of benzene rings is 2. The van der Waals surface area contributed by atoms with Crippen LogP contribution in [0.1, 0.15) is 38.3 Å². The van der Waals surface area contributed by atoms with E-state index in [4.69, 9.17) is 16.6 Å². The van der Waals surface area contributed by atoms with E-state index in [1.807, 2.05) is 67.9 Å². The van der Waals surface area contributed by atoms with Crippen LogP contribution in [0.3, 0.4) is 0 Å². The van der Waals surface area contributed by atoms with Crippen molar-refractivity contribution >= 4 is 29.4 Å². The van der Waals surface area contributed by atoms with E-state index < -0.39 is 0 Å². The van der Waals surface area contributed by atoms with E-state index in [-0.39, 0.29) is 24.3 Å². The van der Waals surface area contributed by atoms with Crippen molar-refractivity contribution in [1.29, 1.82) is 0 Å². The highest BCUT2D eigenvalue weighted by Gasteiger charge is 2.19. The number of carbonyl (C=O) groups is 2. The van der Waals surface area contributed by atoms with E-state index in [0.29, 0.717) is 29.6 Å². The minimum Gasteiger partial charge on any atom is -0.333 e. The van der Waals surface area contributed by atoms with Crippen molar-refractivity contribution in [2.75, 3.05) is 18.4 Å². The Morgan fingerprint density at radius 2 is 1.79 bits per heavy atom. The summed E-state index contributed by atoms with van der Waals surface area (Å²) in [4.78, 5) is 31.6. The lowest BCUT2D eigenvalue weighted by atomic mass is 10.1. The van der Waals surface area contributed by atoms with Crippen LogP contribution in [0.5, 0.6) is 0 Å². The number of amides is 2. The normalized spacial score (nSPS) is 11.0. The number of nitrogens with one attached hydrogen (secondary N) is 1. The molecule has 1 N–H and O–H groups in total. The first-order valence-corrected chi connectivity index (χ1v) is 11.6. The summed E-state index contributed by atoms with van der Waals surface area (Å²) in [6.07, 6.45) is 2.25. The second kappa shape index (κ2) is 10.7. The van der Waals surface area contributed by atoms with Crippen molar-refractivity contribution in [2.45, 2.75) is 41.0 Å². The van der Waals surface area contributed by atoms with Gasteiger partial charge in [-0.15, -0.1) is 0 Å². The molecule has 0 aliphatic rings. The van der Waals surface area contributed by atoms with Crippen LogP contribution in [0, 0.1) is 19.8 Å². The summed E-state index contributed by atoms with van der Waals surface area (Å²) in [5.74, 6) is 0.345. The molecule has 33 heavy (non-hydrogen) atoms. The van der Waals surface area contributed by atoms with Gasteiger partial charge in [-0.3, -0.25) is 19.5 Å². The number of anilines is 1. The zero-order valence-electron chi connectivity index (χ0n) is 19.9. The maximum atomic E-state index is 12.9. The smallest absolute Gasteiger partial charge is 0.246 e. The average Bonchev–Trinajstić information content (AvgIpc) is 3.18. The number of imidazole rings is 1.